The Morgan fingerprint density at radius 2 is 1.57 bits per heavy atom. The fraction of sp³-hybridized carbons (Fsp3) is 0.571. The first kappa shape index (κ1) is 37.3. The maximum absolute atomic E-state index is 14.6. The zero-order valence-corrected chi connectivity index (χ0v) is 29.5. The molecule has 14 heteroatoms. The summed E-state index contributed by atoms with van der Waals surface area (Å²) in [5.74, 6) is -1.72. The van der Waals surface area contributed by atoms with Crippen molar-refractivity contribution >= 4 is 40.0 Å². The van der Waals surface area contributed by atoms with Crippen molar-refractivity contribution < 1.29 is 36.0 Å². The molecule has 1 saturated carbocycles. The number of nitrogens with one attached hydrogen (secondary N) is 1. The fourth-order valence-corrected chi connectivity index (χ4v) is 9.10. The molecule has 3 heterocycles. The molecular weight excluding hydrogens is 681 g/mol. The average molecular weight is 725 g/mol. The number of carbonyl (C=O) groups excluding carboxylic acids is 3. The lowest BCUT2D eigenvalue weighted by Crippen LogP contribution is -2.64. The fourth-order valence-electron chi connectivity index (χ4n) is 8.47. The van der Waals surface area contributed by atoms with E-state index in [0.717, 1.165) is 11.8 Å². The van der Waals surface area contributed by atoms with Crippen molar-refractivity contribution in [2.75, 3.05) is 32.4 Å². The number of hydrogen-bond donors (Lipinski definition) is 1. The number of nitrogens with zero attached hydrogens (tertiary/aromatic N) is 3. The van der Waals surface area contributed by atoms with E-state index in [4.69, 9.17) is 0 Å². The number of Topliss-reactive ketones (excluding diaryl/α,β-unsaturated/α-hetero) is 1. The Morgan fingerprint density at radius 3 is 2.08 bits per heavy atom. The lowest BCUT2D eigenvalue weighted by atomic mass is 9.61. The highest BCUT2D eigenvalue weighted by Crippen LogP contribution is 2.56. The van der Waals surface area contributed by atoms with E-state index >= 15 is 0 Å². The van der Waals surface area contributed by atoms with Crippen LogP contribution in [0.15, 0.2) is 59.5 Å². The summed E-state index contributed by atoms with van der Waals surface area (Å²) in [5, 5.41) is 3.34. The predicted molar refractivity (Wildman–Crippen MR) is 180 cm³/mol. The first-order chi connectivity index (χ1) is 22.6. The maximum Gasteiger partial charge on any atom is 0.401 e. The Morgan fingerprint density at radius 1 is 0.959 bits per heavy atom. The summed E-state index contributed by atoms with van der Waals surface area (Å²) in [7, 11) is -3.42. The van der Waals surface area contributed by atoms with Crippen LogP contribution in [-0.2, 0) is 26.0 Å². The molecule has 49 heavy (non-hydrogen) atoms. The molecule has 1 spiro atoms. The Labute approximate surface area is 291 Å². The van der Waals surface area contributed by atoms with Gasteiger partial charge in [0.15, 0.2) is 15.6 Å². The molecule has 0 radical (unpaired) electrons. The molecule has 4 fully saturated rings. The van der Waals surface area contributed by atoms with Crippen molar-refractivity contribution in [2.45, 2.75) is 87.1 Å². The van der Waals surface area contributed by atoms with Crippen molar-refractivity contribution in [1.82, 2.24) is 20.0 Å². The second-order valence-electron chi connectivity index (χ2n) is 14.2. The summed E-state index contributed by atoms with van der Waals surface area (Å²) in [6.45, 7) is 4.92. The summed E-state index contributed by atoms with van der Waals surface area (Å²) in [6.07, 6.45) is -3.28. The molecule has 1 unspecified atom stereocenters. The van der Waals surface area contributed by atoms with Crippen LogP contribution in [-0.4, -0.2) is 97.1 Å². The van der Waals surface area contributed by atoms with Gasteiger partial charge < -0.3 is 10.2 Å². The van der Waals surface area contributed by atoms with Gasteiger partial charge in [0.05, 0.1) is 17.5 Å². The van der Waals surface area contributed by atoms with Crippen molar-refractivity contribution in [1.29, 1.82) is 0 Å². The molecule has 6 rings (SSSR count). The highest BCUT2D eigenvalue weighted by molar-refractivity contribution is 7.90. The minimum atomic E-state index is -4.66. The summed E-state index contributed by atoms with van der Waals surface area (Å²) in [4.78, 5) is 47.1. The van der Waals surface area contributed by atoms with E-state index in [1.54, 1.807) is 17.0 Å². The number of sulfone groups is 1. The third-order valence-electron chi connectivity index (χ3n) is 11.2. The number of imide groups is 1. The highest BCUT2D eigenvalue weighted by Gasteiger charge is 2.66. The highest BCUT2D eigenvalue weighted by atomic mass is 35.5. The van der Waals surface area contributed by atoms with Gasteiger partial charge in [-0.2, -0.15) is 13.2 Å². The Bertz CT molecular complexity index is 1660. The first-order valence-electron chi connectivity index (χ1n) is 16.7. The van der Waals surface area contributed by atoms with E-state index in [1.165, 1.54) is 17.0 Å². The van der Waals surface area contributed by atoms with Crippen LogP contribution in [0.25, 0.3) is 0 Å². The quantitative estimate of drug-likeness (QED) is 0.355. The summed E-state index contributed by atoms with van der Waals surface area (Å²) < 4.78 is 67.8. The zero-order valence-electron chi connectivity index (χ0n) is 27.9. The Kier molecular flexibility index (Phi) is 10.4. The molecule has 3 saturated heterocycles. The van der Waals surface area contributed by atoms with E-state index < -0.39 is 50.7 Å². The Balaban J connectivity index is 0.00000468. The minimum absolute atomic E-state index is 0. The number of alkyl halides is 3. The molecular formula is C35H44ClF3N4O5S. The number of ketones is 1. The molecule has 3 atom stereocenters. The topological polar surface area (TPSA) is 107 Å². The van der Waals surface area contributed by atoms with Crippen molar-refractivity contribution in [3.63, 3.8) is 0 Å². The second-order valence-corrected chi connectivity index (χ2v) is 16.2. The van der Waals surface area contributed by atoms with Gasteiger partial charge >= 0.3 is 12.2 Å². The van der Waals surface area contributed by atoms with Crippen LogP contribution in [0, 0.1) is 11.3 Å². The number of carbonyl (C=O) groups is 3. The van der Waals surface area contributed by atoms with Gasteiger partial charge in [0.2, 0.25) is 0 Å². The monoisotopic (exact) mass is 724 g/mol. The molecule has 1 aliphatic carbocycles. The molecule has 0 bridgehead atoms. The molecule has 2 aromatic carbocycles. The SMILES string of the molecule is CC(C)N1C(=O)N(Cc2ccc(S(C)(=O)=O)cc2)C(=O)C12CCN(C(C(=O)C1(C(F)(F)F)CCC1)[C@@H]1CNC[C@@H]1c1ccccc1)CC2.Cl. The third kappa shape index (κ3) is 6.40. The number of likely N-dealkylation sites (tertiary alicyclic amines) is 1. The van der Waals surface area contributed by atoms with Crippen LogP contribution in [0.5, 0.6) is 0 Å². The number of amides is 3. The van der Waals surface area contributed by atoms with E-state index in [0.29, 0.717) is 25.1 Å². The van der Waals surface area contributed by atoms with Crippen LogP contribution in [0.1, 0.15) is 63.0 Å². The molecule has 3 amide bonds. The zero-order chi connectivity index (χ0) is 34.6. The predicted octanol–water partition coefficient (Wildman–Crippen LogP) is 5.19. The smallest absolute Gasteiger partial charge is 0.316 e. The average Bonchev–Trinajstić information content (AvgIpc) is 3.55. The number of benzene rings is 2. The van der Waals surface area contributed by atoms with E-state index in [2.05, 4.69) is 5.32 Å². The largest absolute Gasteiger partial charge is 0.401 e. The van der Waals surface area contributed by atoms with Gasteiger partial charge in [-0.05, 0) is 62.8 Å². The van der Waals surface area contributed by atoms with E-state index in [1.807, 2.05) is 49.1 Å². The van der Waals surface area contributed by atoms with Gasteiger partial charge in [0.25, 0.3) is 5.91 Å². The Hall–Kier alpha value is -3.00. The van der Waals surface area contributed by atoms with Crippen molar-refractivity contribution in [3.8, 4) is 0 Å². The summed E-state index contributed by atoms with van der Waals surface area (Å²) in [5.41, 5.74) is -2.02. The molecule has 4 aliphatic rings. The molecule has 2 aromatic rings. The lowest BCUT2D eigenvalue weighted by molar-refractivity contribution is -0.245. The molecule has 268 valence electrons. The molecule has 9 nitrogen and oxygen atoms in total. The van der Waals surface area contributed by atoms with Crippen LogP contribution >= 0.6 is 12.4 Å². The van der Waals surface area contributed by atoms with E-state index in [-0.39, 0.29) is 80.5 Å². The number of hydrogen-bond acceptors (Lipinski definition) is 7. The van der Waals surface area contributed by atoms with Gasteiger partial charge in [-0.1, -0.05) is 48.9 Å². The van der Waals surface area contributed by atoms with Gasteiger partial charge in [-0.3, -0.25) is 19.4 Å². The number of halogens is 4. The van der Waals surface area contributed by atoms with E-state index in [9.17, 15) is 36.0 Å². The van der Waals surface area contributed by atoms with Crippen LogP contribution in [0.4, 0.5) is 18.0 Å². The normalized spacial score (nSPS) is 24.6. The van der Waals surface area contributed by atoms with Crippen molar-refractivity contribution in [3.05, 3.63) is 65.7 Å². The van der Waals surface area contributed by atoms with Crippen LogP contribution in [0.3, 0.4) is 0 Å². The van der Waals surface area contributed by atoms with Crippen LogP contribution in [0.2, 0.25) is 0 Å². The first-order valence-corrected chi connectivity index (χ1v) is 18.5. The van der Waals surface area contributed by atoms with Gasteiger partial charge in [0.1, 0.15) is 11.0 Å². The van der Waals surface area contributed by atoms with Gasteiger partial charge in [-0.25, -0.2) is 13.2 Å². The summed E-state index contributed by atoms with van der Waals surface area (Å²) >= 11 is 0. The summed E-state index contributed by atoms with van der Waals surface area (Å²) in [6, 6.07) is 13.8. The molecule has 3 aliphatic heterocycles. The minimum Gasteiger partial charge on any atom is -0.316 e. The van der Waals surface area contributed by atoms with Crippen molar-refractivity contribution in [2.24, 2.45) is 11.3 Å². The third-order valence-corrected chi connectivity index (χ3v) is 12.3. The number of rotatable bonds is 9. The lowest BCUT2D eigenvalue weighted by Gasteiger charge is -2.50. The van der Waals surface area contributed by atoms with Crippen LogP contribution < -0.4 is 5.32 Å². The standard InChI is InChI=1S/C35H43F3N4O5S.ClH/c1-23(2)42-32(45)41(22-24-10-12-26(13-11-24)48(3,46)47)31(44)34(42)16-18-40(19-17-34)29(30(43)33(14-7-15-33)35(36,37)38)28-21-39-20-27(28)25-8-5-4-6-9-25;/h4-6,8-13,23,27-29,39H,7,14-22H2,1-3H3;1H/t27-,28-,29?;/m1./s1. The molecule has 1 N–H and O–H groups in total. The van der Waals surface area contributed by atoms with Gasteiger partial charge in [0, 0.05) is 50.3 Å². The molecule has 0 aromatic heterocycles. The van der Waals surface area contributed by atoms with Gasteiger partial charge in [-0.15, -0.1) is 12.4 Å². The number of urea groups is 1. The second kappa shape index (κ2) is 13.6. The maximum atomic E-state index is 14.6. The number of piperidine rings is 1.